The predicted molar refractivity (Wildman–Crippen MR) is 105 cm³/mol. The van der Waals surface area contributed by atoms with E-state index in [4.69, 9.17) is 0 Å². The number of nitrogens with one attached hydrogen (secondary N) is 2. The lowest BCUT2D eigenvalue weighted by Gasteiger charge is -2.35. The van der Waals surface area contributed by atoms with Crippen LogP contribution in [-0.2, 0) is 17.8 Å². The lowest BCUT2D eigenvalue weighted by molar-refractivity contribution is -0.134. The molecule has 6 nitrogen and oxygen atoms in total. The number of nitrogens with zero attached hydrogens (tertiary/aromatic N) is 1. The van der Waals surface area contributed by atoms with Gasteiger partial charge < -0.3 is 9.88 Å². The van der Waals surface area contributed by atoms with Gasteiger partial charge in [0.1, 0.15) is 0 Å². The summed E-state index contributed by atoms with van der Waals surface area (Å²) in [7, 11) is 0. The molecule has 1 fully saturated rings. The fraction of sp³-hybridized carbons (Fsp3) is 0.476. The molecule has 2 N–H and O–H groups in total. The Hall–Kier alpha value is -2.63. The van der Waals surface area contributed by atoms with E-state index in [0.29, 0.717) is 17.8 Å². The number of rotatable bonds is 5. The van der Waals surface area contributed by atoms with Crippen LogP contribution in [0.25, 0.3) is 0 Å². The van der Waals surface area contributed by atoms with Gasteiger partial charge in [-0.1, -0.05) is 49.1 Å². The second kappa shape index (κ2) is 8.37. The van der Waals surface area contributed by atoms with Crippen LogP contribution in [-0.4, -0.2) is 26.8 Å². The highest BCUT2D eigenvalue weighted by atomic mass is 16.2. The summed E-state index contributed by atoms with van der Waals surface area (Å²) >= 11 is 0. The zero-order chi connectivity index (χ0) is 19.4. The van der Waals surface area contributed by atoms with E-state index >= 15 is 0 Å². The molecule has 1 amide bonds. The van der Waals surface area contributed by atoms with Crippen LogP contribution in [0.5, 0.6) is 0 Å². The minimum absolute atomic E-state index is 0.000260. The number of H-pyrrole nitrogens is 2. The topological polar surface area (TPSA) is 86.0 Å². The quantitative estimate of drug-likeness (QED) is 0.849. The first-order valence-corrected chi connectivity index (χ1v) is 9.61. The highest BCUT2D eigenvalue weighted by Crippen LogP contribution is 2.25. The van der Waals surface area contributed by atoms with Crippen molar-refractivity contribution in [3.63, 3.8) is 0 Å². The van der Waals surface area contributed by atoms with Crippen LogP contribution < -0.4 is 11.2 Å². The van der Waals surface area contributed by atoms with Crippen LogP contribution in [0.4, 0.5) is 0 Å². The number of benzene rings is 1. The number of aryl methyl sites for hydroxylation is 2. The summed E-state index contributed by atoms with van der Waals surface area (Å²) in [6.07, 6.45) is 5.46. The van der Waals surface area contributed by atoms with Gasteiger partial charge >= 0.3 is 5.69 Å². The van der Waals surface area contributed by atoms with Crippen molar-refractivity contribution in [1.82, 2.24) is 14.9 Å². The fourth-order valence-electron chi connectivity index (χ4n) is 3.91. The molecule has 6 heteroatoms. The molecular formula is C21H27N3O3. The predicted octanol–water partition coefficient (Wildman–Crippen LogP) is 2.58. The summed E-state index contributed by atoms with van der Waals surface area (Å²) < 4.78 is 0. The van der Waals surface area contributed by atoms with Crippen molar-refractivity contribution in [2.45, 2.75) is 65.0 Å². The van der Waals surface area contributed by atoms with Gasteiger partial charge in [-0.05, 0) is 32.3 Å². The van der Waals surface area contributed by atoms with Crippen LogP contribution in [0, 0.1) is 13.8 Å². The lowest BCUT2D eigenvalue weighted by atomic mass is 9.93. The summed E-state index contributed by atoms with van der Waals surface area (Å²) in [6.45, 7) is 4.25. The van der Waals surface area contributed by atoms with Crippen molar-refractivity contribution in [3.8, 4) is 0 Å². The third-order valence-corrected chi connectivity index (χ3v) is 5.35. The van der Waals surface area contributed by atoms with Crippen molar-refractivity contribution in [1.29, 1.82) is 0 Å². The van der Waals surface area contributed by atoms with Crippen molar-refractivity contribution >= 4 is 5.91 Å². The van der Waals surface area contributed by atoms with Crippen LogP contribution in [0.3, 0.4) is 0 Å². The van der Waals surface area contributed by atoms with Gasteiger partial charge in [-0.25, -0.2) is 4.79 Å². The molecule has 144 valence electrons. The van der Waals surface area contributed by atoms with Crippen LogP contribution in [0.15, 0.2) is 33.9 Å². The molecule has 0 bridgehead atoms. The number of carbonyl (C=O) groups is 1. The molecule has 1 aromatic carbocycles. The number of hydrogen-bond donors (Lipinski definition) is 2. The molecule has 1 aromatic heterocycles. The largest absolute Gasteiger partial charge is 0.335 e. The molecule has 1 heterocycles. The summed E-state index contributed by atoms with van der Waals surface area (Å²) in [5, 5.41) is 0. The van der Waals surface area contributed by atoms with Crippen molar-refractivity contribution < 1.29 is 4.79 Å². The van der Waals surface area contributed by atoms with E-state index in [1.807, 2.05) is 30.0 Å². The van der Waals surface area contributed by atoms with Gasteiger partial charge in [-0.2, -0.15) is 0 Å². The molecule has 27 heavy (non-hydrogen) atoms. The molecule has 1 aliphatic rings. The Morgan fingerprint density at radius 2 is 1.85 bits per heavy atom. The van der Waals surface area contributed by atoms with Gasteiger partial charge in [-0.15, -0.1) is 0 Å². The summed E-state index contributed by atoms with van der Waals surface area (Å²) in [6, 6.07) is 8.38. The van der Waals surface area contributed by atoms with Gasteiger partial charge in [0.15, 0.2) is 0 Å². The Morgan fingerprint density at radius 1 is 1.11 bits per heavy atom. The Kier molecular flexibility index (Phi) is 5.94. The molecule has 0 saturated heterocycles. The molecule has 1 aliphatic carbocycles. The summed E-state index contributed by atoms with van der Waals surface area (Å²) in [5.74, 6) is -0.0657. The zero-order valence-corrected chi connectivity index (χ0v) is 16.0. The number of aromatic amines is 2. The van der Waals surface area contributed by atoms with E-state index in [-0.39, 0.29) is 18.4 Å². The van der Waals surface area contributed by atoms with Gasteiger partial charge in [0, 0.05) is 23.8 Å². The van der Waals surface area contributed by atoms with E-state index < -0.39 is 11.2 Å². The van der Waals surface area contributed by atoms with Gasteiger partial charge in [0.2, 0.25) is 5.91 Å². The normalized spacial score (nSPS) is 14.9. The molecular weight excluding hydrogens is 342 g/mol. The summed E-state index contributed by atoms with van der Waals surface area (Å²) in [5.41, 5.74) is 2.03. The van der Waals surface area contributed by atoms with E-state index in [1.165, 1.54) is 6.42 Å². The maximum Gasteiger partial charge on any atom is 0.325 e. The summed E-state index contributed by atoms with van der Waals surface area (Å²) in [4.78, 5) is 43.5. The minimum atomic E-state index is -0.544. The molecule has 3 rings (SSSR count). The van der Waals surface area contributed by atoms with E-state index in [1.54, 1.807) is 6.92 Å². The monoisotopic (exact) mass is 369 g/mol. The van der Waals surface area contributed by atoms with Gasteiger partial charge in [-0.3, -0.25) is 14.6 Å². The van der Waals surface area contributed by atoms with Crippen LogP contribution in [0.1, 0.15) is 54.5 Å². The van der Waals surface area contributed by atoms with E-state index in [9.17, 15) is 14.4 Å². The van der Waals surface area contributed by atoms with Crippen molar-refractivity contribution in [3.05, 3.63) is 67.5 Å². The first-order chi connectivity index (χ1) is 12.9. The number of hydrogen-bond acceptors (Lipinski definition) is 3. The third kappa shape index (κ3) is 4.76. The Bertz CT molecular complexity index is 923. The number of carbonyl (C=O) groups excluding carboxylic acids is 1. The zero-order valence-electron chi connectivity index (χ0n) is 16.0. The molecule has 0 spiro atoms. The van der Waals surface area contributed by atoms with E-state index in [2.05, 4.69) is 16.0 Å². The molecule has 0 unspecified atom stereocenters. The maximum absolute atomic E-state index is 13.2. The SMILES string of the molecule is Cc1cccc(CN(C(=O)Cc2c(C)[nH]c(=O)[nH]c2=O)C2CCCCC2)c1. The second-order valence-corrected chi connectivity index (χ2v) is 7.49. The van der Waals surface area contributed by atoms with Gasteiger partial charge in [0.25, 0.3) is 5.56 Å². The molecule has 0 radical (unpaired) electrons. The Balaban J connectivity index is 1.86. The highest BCUT2D eigenvalue weighted by molar-refractivity contribution is 5.79. The lowest BCUT2D eigenvalue weighted by Crippen LogP contribution is -2.43. The minimum Gasteiger partial charge on any atom is -0.335 e. The first-order valence-electron chi connectivity index (χ1n) is 9.61. The van der Waals surface area contributed by atoms with Gasteiger partial charge in [0.05, 0.1) is 6.42 Å². The molecule has 0 atom stereocenters. The average molecular weight is 369 g/mol. The fourth-order valence-corrected chi connectivity index (χ4v) is 3.91. The molecule has 0 aliphatic heterocycles. The Labute approximate surface area is 158 Å². The smallest absolute Gasteiger partial charge is 0.325 e. The van der Waals surface area contributed by atoms with Crippen LogP contribution in [0.2, 0.25) is 0 Å². The molecule has 1 saturated carbocycles. The second-order valence-electron chi connectivity index (χ2n) is 7.49. The Morgan fingerprint density at radius 3 is 2.52 bits per heavy atom. The van der Waals surface area contributed by atoms with Crippen molar-refractivity contribution in [2.24, 2.45) is 0 Å². The maximum atomic E-state index is 13.2. The number of aromatic nitrogens is 2. The third-order valence-electron chi connectivity index (χ3n) is 5.35. The average Bonchev–Trinajstić information content (AvgIpc) is 2.63. The van der Waals surface area contributed by atoms with Crippen LogP contribution >= 0.6 is 0 Å². The van der Waals surface area contributed by atoms with E-state index in [0.717, 1.165) is 36.8 Å². The molecule has 2 aromatic rings. The number of amides is 1. The van der Waals surface area contributed by atoms with Crippen molar-refractivity contribution in [2.75, 3.05) is 0 Å². The first kappa shape index (κ1) is 19.1. The standard InChI is InChI=1S/C21H27N3O3/c1-14-7-6-8-16(11-14)13-24(17-9-4-3-5-10-17)19(25)12-18-15(2)22-21(27)23-20(18)26/h6-8,11,17H,3-5,9-10,12-13H2,1-2H3,(H2,22,23,26,27). The highest BCUT2D eigenvalue weighted by Gasteiger charge is 2.26.